The van der Waals surface area contributed by atoms with E-state index < -0.39 is 0 Å². The second-order valence-corrected chi connectivity index (χ2v) is 5.79. The van der Waals surface area contributed by atoms with Crippen LogP contribution < -0.4 is 17.2 Å². The van der Waals surface area contributed by atoms with Crippen molar-refractivity contribution in [2.75, 3.05) is 17.2 Å². The Bertz CT molecular complexity index is 909. The van der Waals surface area contributed by atoms with E-state index in [-0.39, 0.29) is 11.9 Å². The van der Waals surface area contributed by atoms with Crippen LogP contribution in [-0.4, -0.2) is 9.97 Å². The van der Waals surface area contributed by atoms with Gasteiger partial charge >= 0.3 is 0 Å². The molecule has 0 amide bonds. The Morgan fingerprint density at radius 2 is 1.75 bits per heavy atom. The zero-order chi connectivity index (χ0) is 17.1. The topological polar surface area (TPSA) is 104 Å². The highest BCUT2D eigenvalue weighted by Gasteiger charge is 2.13. The number of hydrogen-bond donors (Lipinski definition) is 3. The Hall–Kier alpha value is -3.26. The van der Waals surface area contributed by atoms with Crippen LogP contribution in [0.1, 0.15) is 23.5 Å². The van der Waals surface area contributed by atoms with Crippen molar-refractivity contribution in [2.24, 2.45) is 0 Å². The van der Waals surface area contributed by atoms with Gasteiger partial charge in [0.05, 0.1) is 5.52 Å². The summed E-state index contributed by atoms with van der Waals surface area (Å²) >= 11 is 0. The van der Waals surface area contributed by atoms with Crippen molar-refractivity contribution in [1.29, 1.82) is 0 Å². The van der Waals surface area contributed by atoms with Gasteiger partial charge in [-0.2, -0.15) is 4.98 Å². The highest BCUT2D eigenvalue weighted by atomic mass is 15.0. The number of hydrogen-bond acceptors (Lipinski definition) is 5. The number of nitrogens with zero attached hydrogens (tertiary/aromatic N) is 2. The number of nitrogens with two attached hydrogens (primary N) is 3. The van der Waals surface area contributed by atoms with Gasteiger partial charge in [0.25, 0.3) is 0 Å². The molecule has 0 spiro atoms. The average molecular weight is 317 g/mol. The van der Waals surface area contributed by atoms with E-state index in [9.17, 15) is 0 Å². The first-order valence-corrected chi connectivity index (χ1v) is 7.67. The molecule has 6 N–H and O–H groups in total. The molecule has 1 atom stereocenters. The molecule has 3 rings (SSSR count). The molecule has 0 aliphatic rings. The molecule has 0 fully saturated rings. The van der Waals surface area contributed by atoms with E-state index in [1.54, 1.807) is 0 Å². The molecule has 1 unspecified atom stereocenters. The summed E-state index contributed by atoms with van der Waals surface area (Å²) in [4.78, 5) is 8.23. The third-order valence-electron chi connectivity index (χ3n) is 4.06. The predicted molar refractivity (Wildman–Crippen MR) is 99.1 cm³/mol. The number of aromatic nitrogens is 2. The van der Waals surface area contributed by atoms with Crippen LogP contribution in [0.2, 0.25) is 0 Å². The van der Waals surface area contributed by atoms with Gasteiger partial charge in [-0.1, -0.05) is 18.2 Å². The molecule has 5 nitrogen and oxygen atoms in total. The molecule has 0 bridgehead atoms. The minimum absolute atomic E-state index is 0.180. The molecular formula is C19H19N5. The summed E-state index contributed by atoms with van der Waals surface area (Å²) in [6.07, 6.45) is 7.00. The van der Waals surface area contributed by atoms with Gasteiger partial charge in [0.1, 0.15) is 5.82 Å². The fourth-order valence-electron chi connectivity index (χ4n) is 2.85. The van der Waals surface area contributed by atoms with E-state index in [1.165, 1.54) is 5.56 Å². The van der Waals surface area contributed by atoms with Crippen molar-refractivity contribution < 1.29 is 0 Å². The molecular weight excluding hydrogens is 298 g/mol. The molecule has 1 aromatic heterocycles. The monoisotopic (exact) mass is 317 g/mol. The van der Waals surface area contributed by atoms with Gasteiger partial charge in [0.15, 0.2) is 0 Å². The third kappa shape index (κ3) is 3.23. The van der Waals surface area contributed by atoms with Crippen molar-refractivity contribution in [1.82, 2.24) is 9.97 Å². The zero-order valence-corrected chi connectivity index (χ0v) is 13.2. The molecule has 0 radical (unpaired) electrons. The summed E-state index contributed by atoms with van der Waals surface area (Å²) in [5.74, 6) is 3.54. The summed E-state index contributed by atoms with van der Waals surface area (Å²) in [7, 11) is 0. The summed E-state index contributed by atoms with van der Waals surface area (Å²) in [6.45, 7) is 0. The average Bonchev–Trinajstić information content (AvgIpc) is 2.56. The maximum absolute atomic E-state index is 5.97. The zero-order valence-electron chi connectivity index (χ0n) is 13.2. The van der Waals surface area contributed by atoms with Crippen LogP contribution >= 0.6 is 0 Å². The lowest BCUT2D eigenvalue weighted by Crippen LogP contribution is -2.04. The van der Waals surface area contributed by atoms with Crippen molar-refractivity contribution in [3.63, 3.8) is 0 Å². The largest absolute Gasteiger partial charge is 0.399 e. The van der Waals surface area contributed by atoms with E-state index in [4.69, 9.17) is 23.6 Å². The molecule has 3 aromatic rings. The summed E-state index contributed by atoms with van der Waals surface area (Å²) < 4.78 is 0. The Labute approximate surface area is 140 Å². The first kappa shape index (κ1) is 15.6. The SMILES string of the molecule is C#CCC(Cc1ccc2nc(N)nc(N)c2c1)c1ccc(N)cc1. The molecule has 120 valence electrons. The first-order valence-electron chi connectivity index (χ1n) is 7.67. The standard InChI is InChI=1S/C19H19N5/c1-2-3-14(13-5-7-15(20)8-6-13)10-12-4-9-17-16(11-12)18(21)24-19(22)23-17/h1,4-9,11,14H,3,10,20H2,(H4,21,22,23,24). The van der Waals surface area contributed by atoms with E-state index in [0.717, 1.165) is 28.6 Å². The second kappa shape index (κ2) is 6.47. The molecule has 0 saturated carbocycles. The summed E-state index contributed by atoms with van der Waals surface area (Å²) in [5.41, 5.74) is 21.1. The number of nitrogen functional groups attached to an aromatic ring is 3. The van der Waals surface area contributed by atoms with Crippen LogP contribution in [-0.2, 0) is 6.42 Å². The van der Waals surface area contributed by atoms with Crippen LogP contribution in [0.3, 0.4) is 0 Å². The second-order valence-electron chi connectivity index (χ2n) is 5.79. The lowest BCUT2D eigenvalue weighted by Gasteiger charge is -2.16. The smallest absolute Gasteiger partial charge is 0.222 e. The molecule has 5 heteroatoms. The predicted octanol–water partition coefficient (Wildman–Crippen LogP) is 2.73. The maximum Gasteiger partial charge on any atom is 0.222 e. The van der Waals surface area contributed by atoms with Crippen molar-refractivity contribution in [3.05, 3.63) is 53.6 Å². The summed E-state index contributed by atoms with van der Waals surface area (Å²) in [5, 5.41) is 0.804. The lowest BCUT2D eigenvalue weighted by molar-refractivity contribution is 0.707. The molecule has 1 heterocycles. The number of rotatable bonds is 4. The maximum atomic E-state index is 5.97. The van der Waals surface area contributed by atoms with Crippen LogP contribution in [0.5, 0.6) is 0 Å². The van der Waals surface area contributed by atoms with Crippen molar-refractivity contribution >= 4 is 28.4 Å². The van der Waals surface area contributed by atoms with Crippen LogP contribution in [0, 0.1) is 12.3 Å². The molecule has 2 aromatic carbocycles. The van der Waals surface area contributed by atoms with Gasteiger partial charge in [0, 0.05) is 17.5 Å². The van der Waals surface area contributed by atoms with E-state index >= 15 is 0 Å². The number of anilines is 3. The number of fused-ring (bicyclic) bond motifs is 1. The lowest BCUT2D eigenvalue weighted by atomic mass is 9.89. The van der Waals surface area contributed by atoms with Crippen LogP contribution in [0.4, 0.5) is 17.5 Å². The minimum atomic E-state index is 0.180. The minimum Gasteiger partial charge on any atom is -0.399 e. The molecule has 24 heavy (non-hydrogen) atoms. The highest BCUT2D eigenvalue weighted by molar-refractivity contribution is 5.89. The van der Waals surface area contributed by atoms with E-state index in [1.807, 2.05) is 42.5 Å². The normalized spacial score (nSPS) is 12.0. The highest BCUT2D eigenvalue weighted by Crippen LogP contribution is 2.27. The van der Waals surface area contributed by atoms with Gasteiger partial charge < -0.3 is 17.2 Å². The van der Waals surface area contributed by atoms with Crippen LogP contribution in [0.25, 0.3) is 10.9 Å². The Balaban J connectivity index is 1.94. The fourth-order valence-corrected chi connectivity index (χ4v) is 2.85. The number of terminal acetylenes is 1. The van der Waals surface area contributed by atoms with Gasteiger partial charge in [-0.05, 0) is 47.7 Å². The molecule has 0 aliphatic carbocycles. The Morgan fingerprint density at radius 1 is 1.00 bits per heavy atom. The third-order valence-corrected chi connectivity index (χ3v) is 4.06. The molecule has 0 saturated heterocycles. The number of benzene rings is 2. The van der Waals surface area contributed by atoms with Crippen molar-refractivity contribution in [3.8, 4) is 12.3 Å². The Morgan fingerprint density at radius 3 is 2.46 bits per heavy atom. The van der Waals surface area contributed by atoms with Crippen molar-refractivity contribution in [2.45, 2.75) is 18.8 Å². The first-order chi connectivity index (χ1) is 11.6. The van der Waals surface area contributed by atoms with E-state index in [0.29, 0.717) is 12.2 Å². The Kier molecular flexibility index (Phi) is 4.21. The van der Waals surface area contributed by atoms with Gasteiger partial charge in [-0.3, -0.25) is 0 Å². The quantitative estimate of drug-likeness (QED) is 0.507. The van der Waals surface area contributed by atoms with Gasteiger partial charge in [-0.15, -0.1) is 12.3 Å². The fraction of sp³-hybridized carbons (Fsp3) is 0.158. The summed E-state index contributed by atoms with van der Waals surface area (Å²) in [6, 6.07) is 13.8. The van der Waals surface area contributed by atoms with Gasteiger partial charge in [-0.25, -0.2) is 4.98 Å². The van der Waals surface area contributed by atoms with Gasteiger partial charge in [0.2, 0.25) is 5.95 Å². The van der Waals surface area contributed by atoms with Crippen LogP contribution in [0.15, 0.2) is 42.5 Å². The molecule has 0 aliphatic heterocycles. The van der Waals surface area contributed by atoms with E-state index in [2.05, 4.69) is 15.9 Å².